The minimum absolute atomic E-state index is 0.0616. The number of carboxylic acids is 1. The summed E-state index contributed by atoms with van der Waals surface area (Å²) in [5.41, 5.74) is 7.93. The van der Waals surface area contributed by atoms with E-state index in [1.165, 1.54) is 0 Å². The maximum atomic E-state index is 10.7. The van der Waals surface area contributed by atoms with E-state index in [-0.39, 0.29) is 6.54 Å². The van der Waals surface area contributed by atoms with E-state index in [4.69, 9.17) is 10.8 Å². The number of hydrogen-bond donors (Lipinski definition) is 2. The van der Waals surface area contributed by atoms with Crippen LogP contribution in [0.4, 0.5) is 11.4 Å². The number of nitrogens with zero attached hydrogens (tertiary/aromatic N) is 2. The van der Waals surface area contributed by atoms with Crippen molar-refractivity contribution in [2.45, 2.75) is 0 Å². The lowest BCUT2D eigenvalue weighted by atomic mass is 10.1. The third kappa shape index (κ3) is 2.13. The fraction of sp³-hybridized carbons (Fsp3) is 0.167. The number of likely N-dealkylation sites (N-methyl/N-ethyl adjacent to an activating group) is 1. The minimum Gasteiger partial charge on any atom is -0.480 e. The second-order valence-electron chi connectivity index (χ2n) is 3.82. The molecule has 0 spiro atoms. The molecule has 0 amide bonds. The number of hydrogen-bond acceptors (Lipinski definition) is 4. The van der Waals surface area contributed by atoms with E-state index in [1.54, 1.807) is 30.3 Å². The molecular formula is C12H13N3O2. The van der Waals surface area contributed by atoms with Crippen LogP contribution in [0.3, 0.4) is 0 Å². The number of nitrogen functional groups attached to an aromatic ring is 1. The molecule has 1 heterocycles. The van der Waals surface area contributed by atoms with Gasteiger partial charge in [0.25, 0.3) is 0 Å². The summed E-state index contributed by atoms with van der Waals surface area (Å²) in [6, 6.07) is 7.27. The van der Waals surface area contributed by atoms with Crippen molar-refractivity contribution in [3.63, 3.8) is 0 Å². The number of benzene rings is 1. The fourth-order valence-electron chi connectivity index (χ4n) is 1.81. The number of aromatic nitrogens is 1. The summed E-state index contributed by atoms with van der Waals surface area (Å²) < 4.78 is 0. The largest absolute Gasteiger partial charge is 0.480 e. The number of aliphatic carboxylic acids is 1. The van der Waals surface area contributed by atoms with Gasteiger partial charge in [-0.3, -0.25) is 9.78 Å². The van der Waals surface area contributed by atoms with Gasteiger partial charge in [-0.2, -0.15) is 0 Å². The Hall–Kier alpha value is -2.30. The smallest absolute Gasteiger partial charge is 0.323 e. The Balaban J connectivity index is 2.54. The molecule has 0 saturated carbocycles. The number of nitrogens with two attached hydrogens (primary N) is 1. The fourth-order valence-corrected chi connectivity index (χ4v) is 1.81. The number of para-hydroxylation sites is 1. The second kappa shape index (κ2) is 4.29. The first-order valence-corrected chi connectivity index (χ1v) is 5.15. The van der Waals surface area contributed by atoms with Gasteiger partial charge in [0.05, 0.1) is 11.2 Å². The van der Waals surface area contributed by atoms with Crippen LogP contribution in [0.15, 0.2) is 30.5 Å². The number of fused-ring (bicyclic) bond motifs is 1. The Morgan fingerprint density at radius 1 is 1.47 bits per heavy atom. The van der Waals surface area contributed by atoms with Crippen molar-refractivity contribution in [3.05, 3.63) is 30.5 Å². The third-order valence-electron chi connectivity index (χ3n) is 2.56. The summed E-state index contributed by atoms with van der Waals surface area (Å²) >= 11 is 0. The van der Waals surface area contributed by atoms with Gasteiger partial charge in [0.15, 0.2) is 0 Å². The molecule has 0 radical (unpaired) electrons. The maximum absolute atomic E-state index is 10.7. The molecule has 5 nitrogen and oxygen atoms in total. The number of pyridine rings is 1. The Labute approximate surface area is 98.5 Å². The Morgan fingerprint density at radius 2 is 2.24 bits per heavy atom. The molecule has 5 heteroatoms. The van der Waals surface area contributed by atoms with Gasteiger partial charge in [0, 0.05) is 24.3 Å². The van der Waals surface area contributed by atoms with Gasteiger partial charge in [0.1, 0.15) is 6.54 Å². The molecule has 88 valence electrons. The second-order valence-corrected chi connectivity index (χ2v) is 3.82. The van der Waals surface area contributed by atoms with Crippen molar-refractivity contribution < 1.29 is 9.90 Å². The molecule has 1 aromatic heterocycles. The van der Waals surface area contributed by atoms with E-state index in [2.05, 4.69) is 4.98 Å². The number of carboxylic acid groups (broad SMARTS) is 1. The SMILES string of the molecule is CN(CC(=O)O)c1ccnc2c(N)cccc12. The molecular weight excluding hydrogens is 218 g/mol. The van der Waals surface area contributed by atoms with Crippen molar-refractivity contribution in [2.75, 3.05) is 24.2 Å². The Bertz CT molecular complexity index is 569. The van der Waals surface area contributed by atoms with Crippen LogP contribution in [0, 0.1) is 0 Å². The van der Waals surface area contributed by atoms with Crippen LogP contribution < -0.4 is 10.6 Å². The van der Waals surface area contributed by atoms with Crippen LogP contribution in [0.2, 0.25) is 0 Å². The summed E-state index contributed by atoms with van der Waals surface area (Å²) in [7, 11) is 1.73. The summed E-state index contributed by atoms with van der Waals surface area (Å²) in [6.07, 6.45) is 1.63. The Morgan fingerprint density at radius 3 is 2.94 bits per heavy atom. The van der Waals surface area contributed by atoms with Gasteiger partial charge in [-0.1, -0.05) is 12.1 Å². The molecule has 0 atom stereocenters. The van der Waals surface area contributed by atoms with Crippen molar-refractivity contribution in [1.29, 1.82) is 0 Å². The molecule has 0 saturated heterocycles. The number of anilines is 2. The summed E-state index contributed by atoms with van der Waals surface area (Å²) in [5.74, 6) is -0.874. The monoisotopic (exact) mass is 231 g/mol. The van der Waals surface area contributed by atoms with Crippen LogP contribution in [0.5, 0.6) is 0 Å². The highest BCUT2D eigenvalue weighted by molar-refractivity contribution is 5.98. The minimum atomic E-state index is -0.874. The molecule has 0 aliphatic rings. The van der Waals surface area contributed by atoms with Crippen LogP contribution >= 0.6 is 0 Å². The van der Waals surface area contributed by atoms with Gasteiger partial charge in [-0.05, 0) is 12.1 Å². The van der Waals surface area contributed by atoms with Gasteiger partial charge in [-0.25, -0.2) is 0 Å². The normalized spacial score (nSPS) is 10.4. The van der Waals surface area contributed by atoms with Crippen molar-refractivity contribution in [3.8, 4) is 0 Å². The molecule has 17 heavy (non-hydrogen) atoms. The molecule has 0 aliphatic carbocycles. The van der Waals surface area contributed by atoms with E-state index in [0.29, 0.717) is 11.2 Å². The van der Waals surface area contributed by atoms with Crippen LogP contribution in [0.25, 0.3) is 10.9 Å². The Kier molecular flexibility index (Phi) is 2.82. The van der Waals surface area contributed by atoms with Gasteiger partial charge in [-0.15, -0.1) is 0 Å². The predicted octanol–water partition coefficient (Wildman–Crippen LogP) is 1.34. The van der Waals surface area contributed by atoms with Crippen molar-refractivity contribution in [2.24, 2.45) is 0 Å². The lowest BCUT2D eigenvalue weighted by Crippen LogP contribution is -2.25. The average molecular weight is 231 g/mol. The zero-order valence-corrected chi connectivity index (χ0v) is 9.42. The zero-order valence-electron chi connectivity index (χ0n) is 9.42. The molecule has 0 unspecified atom stereocenters. The lowest BCUT2D eigenvalue weighted by Gasteiger charge is -2.18. The van der Waals surface area contributed by atoms with E-state index in [0.717, 1.165) is 11.1 Å². The molecule has 2 rings (SSSR count). The van der Waals surface area contributed by atoms with Crippen LogP contribution in [0.1, 0.15) is 0 Å². The molecule has 1 aromatic carbocycles. The van der Waals surface area contributed by atoms with E-state index in [9.17, 15) is 4.79 Å². The average Bonchev–Trinajstić information content (AvgIpc) is 2.28. The highest BCUT2D eigenvalue weighted by Crippen LogP contribution is 2.27. The number of rotatable bonds is 3. The van der Waals surface area contributed by atoms with E-state index >= 15 is 0 Å². The van der Waals surface area contributed by atoms with Gasteiger partial charge < -0.3 is 15.7 Å². The number of carbonyl (C=O) groups is 1. The molecule has 0 bridgehead atoms. The van der Waals surface area contributed by atoms with Crippen molar-refractivity contribution >= 4 is 28.2 Å². The van der Waals surface area contributed by atoms with Gasteiger partial charge in [0.2, 0.25) is 0 Å². The van der Waals surface area contributed by atoms with E-state index < -0.39 is 5.97 Å². The first kappa shape index (κ1) is 11.2. The quantitative estimate of drug-likeness (QED) is 0.779. The highest BCUT2D eigenvalue weighted by atomic mass is 16.4. The van der Waals surface area contributed by atoms with Gasteiger partial charge >= 0.3 is 5.97 Å². The zero-order chi connectivity index (χ0) is 12.4. The third-order valence-corrected chi connectivity index (χ3v) is 2.56. The first-order valence-electron chi connectivity index (χ1n) is 5.15. The van der Waals surface area contributed by atoms with Crippen LogP contribution in [-0.4, -0.2) is 29.7 Å². The highest BCUT2D eigenvalue weighted by Gasteiger charge is 2.10. The molecule has 0 fully saturated rings. The standard InChI is InChI=1S/C12H13N3O2/c1-15(7-11(16)17)10-5-6-14-12-8(10)3-2-4-9(12)13/h2-6H,7,13H2,1H3,(H,16,17). The lowest BCUT2D eigenvalue weighted by molar-refractivity contribution is -0.135. The van der Waals surface area contributed by atoms with E-state index in [1.807, 2.05) is 12.1 Å². The van der Waals surface area contributed by atoms with Crippen molar-refractivity contribution in [1.82, 2.24) is 4.98 Å². The predicted molar refractivity (Wildman–Crippen MR) is 67.1 cm³/mol. The molecule has 2 aromatic rings. The summed E-state index contributed by atoms with van der Waals surface area (Å²) in [6.45, 7) is -0.0616. The molecule has 0 aliphatic heterocycles. The van der Waals surface area contributed by atoms with Crippen LogP contribution in [-0.2, 0) is 4.79 Å². The summed E-state index contributed by atoms with van der Waals surface area (Å²) in [5, 5.41) is 9.65. The summed E-state index contributed by atoms with van der Waals surface area (Å²) in [4.78, 5) is 16.6. The molecule has 3 N–H and O–H groups in total. The topological polar surface area (TPSA) is 79.5 Å². The maximum Gasteiger partial charge on any atom is 0.323 e. The first-order chi connectivity index (χ1) is 8.09.